The van der Waals surface area contributed by atoms with Crippen molar-refractivity contribution in [2.45, 2.75) is 32.9 Å². The first kappa shape index (κ1) is 18.1. The van der Waals surface area contributed by atoms with Gasteiger partial charge in [0.05, 0.1) is 11.5 Å². The molecule has 2 heterocycles. The molecule has 0 fully saturated rings. The molecule has 1 aromatic carbocycles. The zero-order valence-corrected chi connectivity index (χ0v) is 16.5. The predicted molar refractivity (Wildman–Crippen MR) is 107 cm³/mol. The second kappa shape index (κ2) is 8.11. The zero-order chi connectivity index (χ0) is 17.8. The largest absolute Gasteiger partial charge is 0.494 e. The van der Waals surface area contributed by atoms with E-state index in [0.29, 0.717) is 13.2 Å². The molecule has 0 unspecified atom stereocenters. The van der Waals surface area contributed by atoms with Gasteiger partial charge in [0.1, 0.15) is 5.75 Å². The molecule has 1 aromatic heterocycles. The molecular formula is C20H23NO2S2. The number of ether oxygens (including phenoxy) is 1. The summed E-state index contributed by atoms with van der Waals surface area (Å²) >= 11 is 3.42. The topological polar surface area (TPSA) is 38.3 Å². The summed E-state index contributed by atoms with van der Waals surface area (Å²) in [5.41, 5.74) is 3.96. The number of thiophene rings is 1. The van der Waals surface area contributed by atoms with Gasteiger partial charge in [0, 0.05) is 22.1 Å². The Hall–Kier alpha value is -1.72. The Morgan fingerprint density at radius 3 is 2.72 bits per heavy atom. The molecule has 3 nitrogen and oxygen atoms in total. The van der Waals surface area contributed by atoms with E-state index in [0.717, 1.165) is 22.8 Å². The molecular weight excluding hydrogens is 350 g/mol. The van der Waals surface area contributed by atoms with Crippen LogP contribution in [0.5, 0.6) is 5.75 Å². The van der Waals surface area contributed by atoms with Gasteiger partial charge in [-0.15, -0.1) is 23.1 Å². The number of hydrogen-bond acceptors (Lipinski definition) is 4. The van der Waals surface area contributed by atoms with Gasteiger partial charge in [-0.3, -0.25) is 4.79 Å². The van der Waals surface area contributed by atoms with Crippen LogP contribution in [0.1, 0.15) is 33.4 Å². The average Bonchev–Trinajstić information content (AvgIpc) is 2.90. The van der Waals surface area contributed by atoms with E-state index >= 15 is 0 Å². The van der Waals surface area contributed by atoms with Crippen molar-refractivity contribution in [2.75, 3.05) is 13.2 Å². The van der Waals surface area contributed by atoms with Gasteiger partial charge in [0.15, 0.2) is 0 Å². The van der Waals surface area contributed by atoms with Gasteiger partial charge in [-0.2, -0.15) is 0 Å². The van der Waals surface area contributed by atoms with Crippen molar-refractivity contribution in [2.24, 2.45) is 0 Å². The number of amides is 1. The Bertz CT molecular complexity index is 791. The summed E-state index contributed by atoms with van der Waals surface area (Å²) < 4.78 is 5.44. The van der Waals surface area contributed by atoms with E-state index in [2.05, 4.69) is 31.3 Å². The SMILES string of the molecule is CCOc1ccc(CCNC(=O)C2=Cc3sc(C)c(C)c3CS2)cc1. The number of benzene rings is 1. The fraction of sp³-hybridized carbons (Fsp3) is 0.350. The smallest absolute Gasteiger partial charge is 0.257 e. The van der Waals surface area contributed by atoms with Crippen LogP contribution in [-0.4, -0.2) is 19.1 Å². The lowest BCUT2D eigenvalue weighted by molar-refractivity contribution is -0.116. The molecule has 1 amide bonds. The number of aryl methyl sites for hydroxylation is 1. The normalized spacial score (nSPS) is 13.2. The first-order valence-electron chi connectivity index (χ1n) is 8.51. The third-order valence-electron chi connectivity index (χ3n) is 4.33. The second-order valence-electron chi connectivity index (χ2n) is 6.01. The van der Waals surface area contributed by atoms with Crippen molar-refractivity contribution in [3.63, 3.8) is 0 Å². The lowest BCUT2D eigenvalue weighted by atomic mass is 10.1. The second-order valence-corrected chi connectivity index (χ2v) is 8.28. The van der Waals surface area contributed by atoms with Crippen LogP contribution in [0.15, 0.2) is 29.2 Å². The van der Waals surface area contributed by atoms with Crippen LogP contribution in [0.2, 0.25) is 0 Å². The van der Waals surface area contributed by atoms with Crippen LogP contribution in [0.25, 0.3) is 6.08 Å². The molecule has 1 aliphatic rings. The zero-order valence-electron chi connectivity index (χ0n) is 14.8. The summed E-state index contributed by atoms with van der Waals surface area (Å²) in [6.07, 6.45) is 2.86. The number of fused-ring (bicyclic) bond motifs is 1. The number of rotatable bonds is 6. The fourth-order valence-corrected chi connectivity index (χ4v) is 5.14. The number of thioether (sulfide) groups is 1. The van der Waals surface area contributed by atoms with Gasteiger partial charge < -0.3 is 10.1 Å². The van der Waals surface area contributed by atoms with E-state index in [4.69, 9.17) is 4.74 Å². The summed E-state index contributed by atoms with van der Waals surface area (Å²) in [5.74, 6) is 1.81. The molecule has 0 saturated heterocycles. The Morgan fingerprint density at radius 2 is 2.00 bits per heavy atom. The van der Waals surface area contributed by atoms with Crippen LogP contribution in [0.3, 0.4) is 0 Å². The molecule has 0 spiro atoms. The molecule has 0 bridgehead atoms. The Balaban J connectivity index is 1.54. The standard InChI is InChI=1S/C20H23NO2S2/c1-4-23-16-7-5-15(6-8-16)9-10-21-20(22)19-11-18-17(12-24-19)13(2)14(3)25-18/h5-8,11H,4,9-10,12H2,1-3H3,(H,21,22). The van der Waals surface area contributed by atoms with Crippen LogP contribution in [-0.2, 0) is 17.0 Å². The minimum atomic E-state index is 0.0327. The molecule has 132 valence electrons. The molecule has 2 aromatic rings. The molecule has 25 heavy (non-hydrogen) atoms. The maximum Gasteiger partial charge on any atom is 0.257 e. The summed E-state index contributed by atoms with van der Waals surface area (Å²) in [6.45, 7) is 7.60. The van der Waals surface area contributed by atoms with Crippen LogP contribution in [0.4, 0.5) is 0 Å². The summed E-state index contributed by atoms with van der Waals surface area (Å²) in [4.78, 5) is 15.8. The van der Waals surface area contributed by atoms with E-state index in [1.54, 1.807) is 23.1 Å². The Kier molecular flexibility index (Phi) is 5.86. The third kappa shape index (κ3) is 4.28. The highest BCUT2D eigenvalue weighted by atomic mass is 32.2. The van der Waals surface area contributed by atoms with Crippen molar-refractivity contribution < 1.29 is 9.53 Å². The highest BCUT2D eigenvalue weighted by molar-refractivity contribution is 8.03. The van der Waals surface area contributed by atoms with Gasteiger partial charge in [-0.25, -0.2) is 0 Å². The van der Waals surface area contributed by atoms with Crippen LogP contribution >= 0.6 is 23.1 Å². The number of nitrogens with one attached hydrogen (secondary N) is 1. The van der Waals surface area contributed by atoms with Gasteiger partial charge in [0.25, 0.3) is 5.91 Å². The molecule has 0 radical (unpaired) electrons. The van der Waals surface area contributed by atoms with Gasteiger partial charge in [-0.1, -0.05) is 12.1 Å². The molecule has 0 aliphatic carbocycles. The highest BCUT2D eigenvalue weighted by Crippen LogP contribution is 2.39. The molecule has 1 N–H and O–H groups in total. The molecule has 5 heteroatoms. The predicted octanol–water partition coefficient (Wildman–Crippen LogP) is 4.71. The fourth-order valence-electron chi connectivity index (χ4n) is 2.76. The van der Waals surface area contributed by atoms with Gasteiger partial charge in [-0.05, 0) is 62.1 Å². The molecule has 3 rings (SSSR count). The van der Waals surface area contributed by atoms with E-state index in [1.807, 2.05) is 25.1 Å². The van der Waals surface area contributed by atoms with Gasteiger partial charge >= 0.3 is 0 Å². The monoisotopic (exact) mass is 373 g/mol. The molecule has 0 atom stereocenters. The molecule has 0 saturated carbocycles. The maximum atomic E-state index is 12.4. The maximum absolute atomic E-state index is 12.4. The van der Waals surface area contributed by atoms with Crippen molar-refractivity contribution in [3.05, 3.63) is 55.6 Å². The number of carbonyl (C=O) groups is 1. The summed E-state index contributed by atoms with van der Waals surface area (Å²) in [7, 11) is 0. The quantitative estimate of drug-likeness (QED) is 0.797. The van der Waals surface area contributed by atoms with E-state index in [1.165, 1.54) is 26.4 Å². The highest BCUT2D eigenvalue weighted by Gasteiger charge is 2.20. The lowest BCUT2D eigenvalue weighted by Gasteiger charge is -2.14. The van der Waals surface area contributed by atoms with Crippen LogP contribution < -0.4 is 10.1 Å². The minimum absolute atomic E-state index is 0.0327. The van der Waals surface area contributed by atoms with Gasteiger partial charge in [0.2, 0.25) is 0 Å². The first-order chi connectivity index (χ1) is 12.1. The summed E-state index contributed by atoms with van der Waals surface area (Å²) in [5, 5.41) is 3.04. The van der Waals surface area contributed by atoms with Crippen molar-refractivity contribution in [1.82, 2.24) is 5.32 Å². The van der Waals surface area contributed by atoms with E-state index in [-0.39, 0.29) is 5.91 Å². The van der Waals surface area contributed by atoms with Crippen molar-refractivity contribution >= 4 is 35.1 Å². The van der Waals surface area contributed by atoms with Crippen molar-refractivity contribution in [3.8, 4) is 5.75 Å². The Morgan fingerprint density at radius 1 is 1.24 bits per heavy atom. The Labute approximate surface area is 157 Å². The molecule has 1 aliphatic heterocycles. The van der Waals surface area contributed by atoms with E-state index < -0.39 is 0 Å². The number of hydrogen-bond donors (Lipinski definition) is 1. The van der Waals surface area contributed by atoms with Crippen LogP contribution in [0, 0.1) is 13.8 Å². The average molecular weight is 374 g/mol. The first-order valence-corrected chi connectivity index (χ1v) is 10.3. The number of carbonyl (C=O) groups excluding carboxylic acids is 1. The summed E-state index contributed by atoms with van der Waals surface area (Å²) in [6, 6.07) is 8.05. The lowest BCUT2D eigenvalue weighted by Crippen LogP contribution is -2.26. The minimum Gasteiger partial charge on any atom is -0.494 e. The van der Waals surface area contributed by atoms with E-state index in [9.17, 15) is 4.79 Å². The third-order valence-corrected chi connectivity index (χ3v) is 6.58. The van der Waals surface area contributed by atoms with Crippen molar-refractivity contribution in [1.29, 1.82) is 0 Å².